The molecule has 0 fully saturated rings. The van der Waals surface area contributed by atoms with Gasteiger partial charge in [0.15, 0.2) is 0 Å². The molecule has 0 heterocycles. The maximum atomic E-state index is 13.2. The number of benzene rings is 1. The normalized spacial score (nSPS) is 15.2. The van der Waals surface area contributed by atoms with Crippen LogP contribution in [0.3, 0.4) is 0 Å². The van der Waals surface area contributed by atoms with E-state index in [0.29, 0.717) is 12.3 Å². The maximum Gasteiger partial charge on any atom is 0.124 e. The van der Waals surface area contributed by atoms with Crippen LogP contribution in [0.2, 0.25) is 0 Å². The number of hydrogen-bond acceptors (Lipinski definition) is 1. The van der Waals surface area contributed by atoms with Gasteiger partial charge >= 0.3 is 0 Å². The molecule has 0 spiro atoms. The van der Waals surface area contributed by atoms with Crippen LogP contribution in [-0.4, -0.2) is 11.7 Å². The SMILES string of the molecule is CC(C)C(C)(CO)Cc1cc(F)cc(Br)c1. The lowest BCUT2D eigenvalue weighted by atomic mass is 9.75. The lowest BCUT2D eigenvalue weighted by Crippen LogP contribution is -2.30. The summed E-state index contributed by atoms with van der Waals surface area (Å²) < 4.78 is 14.0. The highest BCUT2D eigenvalue weighted by Crippen LogP contribution is 2.31. The van der Waals surface area contributed by atoms with Gasteiger partial charge in [-0.3, -0.25) is 0 Å². The highest BCUT2D eigenvalue weighted by Gasteiger charge is 2.28. The molecule has 1 unspecified atom stereocenters. The van der Waals surface area contributed by atoms with Gasteiger partial charge in [-0.25, -0.2) is 4.39 Å². The minimum atomic E-state index is -0.242. The third-order valence-corrected chi connectivity index (χ3v) is 3.74. The highest BCUT2D eigenvalue weighted by atomic mass is 79.9. The van der Waals surface area contributed by atoms with Gasteiger partial charge < -0.3 is 5.11 Å². The molecule has 1 aromatic rings. The Hall–Kier alpha value is -0.410. The minimum absolute atomic E-state index is 0.110. The Kier molecular flexibility index (Phi) is 4.51. The molecule has 16 heavy (non-hydrogen) atoms. The monoisotopic (exact) mass is 288 g/mol. The first kappa shape index (κ1) is 13.7. The van der Waals surface area contributed by atoms with Crippen LogP contribution in [0.5, 0.6) is 0 Å². The molecule has 3 heteroatoms. The fraction of sp³-hybridized carbons (Fsp3) is 0.538. The van der Waals surface area contributed by atoms with Crippen LogP contribution in [-0.2, 0) is 6.42 Å². The molecule has 0 bridgehead atoms. The summed E-state index contributed by atoms with van der Waals surface area (Å²) in [5.41, 5.74) is 0.713. The molecule has 0 radical (unpaired) electrons. The van der Waals surface area contributed by atoms with E-state index < -0.39 is 0 Å². The fourth-order valence-electron chi connectivity index (χ4n) is 1.62. The van der Waals surface area contributed by atoms with Gasteiger partial charge in [-0.1, -0.05) is 36.7 Å². The predicted molar refractivity (Wildman–Crippen MR) is 67.8 cm³/mol. The Balaban J connectivity index is 2.94. The number of rotatable bonds is 4. The van der Waals surface area contributed by atoms with E-state index in [1.807, 2.05) is 13.0 Å². The summed E-state index contributed by atoms with van der Waals surface area (Å²) in [6, 6.07) is 4.87. The van der Waals surface area contributed by atoms with Gasteiger partial charge in [0.05, 0.1) is 0 Å². The summed E-state index contributed by atoms with van der Waals surface area (Å²) in [5, 5.41) is 9.45. The molecule has 1 atom stereocenters. The van der Waals surface area contributed by atoms with Crippen LogP contribution in [0, 0.1) is 17.2 Å². The first-order chi connectivity index (χ1) is 7.37. The smallest absolute Gasteiger partial charge is 0.124 e. The molecule has 1 N–H and O–H groups in total. The van der Waals surface area contributed by atoms with Crippen LogP contribution in [0.15, 0.2) is 22.7 Å². The zero-order valence-corrected chi connectivity index (χ0v) is 11.5. The number of hydrogen-bond donors (Lipinski definition) is 1. The van der Waals surface area contributed by atoms with Crippen LogP contribution >= 0.6 is 15.9 Å². The van der Waals surface area contributed by atoms with E-state index in [4.69, 9.17) is 0 Å². The molecule has 0 aliphatic carbocycles. The topological polar surface area (TPSA) is 20.2 Å². The Morgan fingerprint density at radius 2 is 2.00 bits per heavy atom. The molecular formula is C13H18BrFO. The Bertz CT molecular complexity index is 345. The van der Waals surface area contributed by atoms with Crippen molar-refractivity contribution in [3.63, 3.8) is 0 Å². The second kappa shape index (κ2) is 5.28. The van der Waals surface area contributed by atoms with Crippen molar-refractivity contribution in [1.82, 2.24) is 0 Å². The van der Waals surface area contributed by atoms with Gasteiger partial charge in [-0.05, 0) is 41.5 Å². The summed E-state index contributed by atoms with van der Waals surface area (Å²) >= 11 is 3.28. The van der Waals surface area contributed by atoms with Gasteiger partial charge in [0.1, 0.15) is 5.82 Å². The first-order valence-electron chi connectivity index (χ1n) is 5.43. The van der Waals surface area contributed by atoms with Crippen molar-refractivity contribution in [3.05, 3.63) is 34.1 Å². The van der Waals surface area contributed by atoms with Crippen molar-refractivity contribution in [1.29, 1.82) is 0 Å². The average Bonchev–Trinajstić information content (AvgIpc) is 2.15. The first-order valence-corrected chi connectivity index (χ1v) is 6.22. The zero-order chi connectivity index (χ0) is 12.3. The number of aliphatic hydroxyl groups excluding tert-OH is 1. The van der Waals surface area contributed by atoms with Crippen LogP contribution in [0.4, 0.5) is 4.39 Å². The second-order valence-electron chi connectivity index (χ2n) is 4.92. The highest BCUT2D eigenvalue weighted by molar-refractivity contribution is 9.10. The largest absolute Gasteiger partial charge is 0.396 e. The molecule has 0 aliphatic rings. The van der Waals surface area contributed by atoms with Gasteiger partial charge in [0, 0.05) is 11.1 Å². The number of aliphatic hydroxyl groups is 1. The molecule has 1 aromatic carbocycles. The van der Waals surface area contributed by atoms with Crippen molar-refractivity contribution in [3.8, 4) is 0 Å². The van der Waals surface area contributed by atoms with Crippen molar-refractivity contribution < 1.29 is 9.50 Å². The maximum absolute atomic E-state index is 13.2. The molecule has 1 nitrogen and oxygen atoms in total. The van der Waals surface area contributed by atoms with Gasteiger partial charge in [-0.2, -0.15) is 0 Å². The van der Waals surface area contributed by atoms with Crippen LogP contribution < -0.4 is 0 Å². The molecule has 0 aromatic heterocycles. The Labute approximate surface area is 105 Å². The second-order valence-corrected chi connectivity index (χ2v) is 5.84. The summed E-state index contributed by atoms with van der Waals surface area (Å²) in [7, 11) is 0. The van der Waals surface area contributed by atoms with Crippen molar-refractivity contribution >= 4 is 15.9 Å². The van der Waals surface area contributed by atoms with E-state index in [-0.39, 0.29) is 17.8 Å². The number of halogens is 2. The lowest BCUT2D eigenvalue weighted by molar-refractivity contribution is 0.0947. The molecule has 90 valence electrons. The van der Waals surface area contributed by atoms with Crippen LogP contribution in [0.25, 0.3) is 0 Å². The fourth-order valence-corrected chi connectivity index (χ4v) is 2.13. The van der Waals surface area contributed by atoms with Crippen molar-refractivity contribution in [2.75, 3.05) is 6.61 Å². The summed E-state index contributed by atoms with van der Waals surface area (Å²) in [6.45, 7) is 6.28. The quantitative estimate of drug-likeness (QED) is 0.894. The molecule has 0 aliphatic heterocycles. The third-order valence-electron chi connectivity index (χ3n) is 3.29. The molecular weight excluding hydrogens is 271 g/mol. The standard InChI is InChI=1S/C13H18BrFO/c1-9(2)13(3,8-16)7-10-4-11(14)6-12(15)5-10/h4-6,9,16H,7-8H2,1-3H3. The molecule has 0 amide bonds. The van der Waals surface area contributed by atoms with Crippen molar-refractivity contribution in [2.45, 2.75) is 27.2 Å². The summed E-state index contributed by atoms with van der Waals surface area (Å²) in [4.78, 5) is 0. The van der Waals surface area contributed by atoms with Gasteiger partial charge in [0.2, 0.25) is 0 Å². The summed E-state index contributed by atoms with van der Waals surface area (Å²) in [5.74, 6) is 0.105. The van der Waals surface area contributed by atoms with Gasteiger partial charge in [-0.15, -0.1) is 0 Å². The zero-order valence-electron chi connectivity index (χ0n) is 9.93. The Morgan fingerprint density at radius 1 is 1.38 bits per heavy atom. The average molecular weight is 289 g/mol. The summed E-state index contributed by atoms with van der Waals surface area (Å²) in [6.07, 6.45) is 0.678. The van der Waals surface area contributed by atoms with E-state index in [0.717, 1.165) is 10.0 Å². The van der Waals surface area contributed by atoms with E-state index in [9.17, 15) is 9.50 Å². The predicted octanol–water partition coefficient (Wildman–Crippen LogP) is 3.79. The van der Waals surface area contributed by atoms with Crippen molar-refractivity contribution in [2.24, 2.45) is 11.3 Å². The van der Waals surface area contributed by atoms with E-state index in [1.54, 1.807) is 0 Å². The van der Waals surface area contributed by atoms with Crippen LogP contribution in [0.1, 0.15) is 26.3 Å². The minimum Gasteiger partial charge on any atom is -0.396 e. The lowest BCUT2D eigenvalue weighted by Gasteiger charge is -2.31. The van der Waals surface area contributed by atoms with E-state index in [1.165, 1.54) is 12.1 Å². The molecule has 0 saturated heterocycles. The molecule has 0 saturated carbocycles. The molecule has 1 rings (SSSR count). The third kappa shape index (κ3) is 3.29. The van der Waals surface area contributed by atoms with E-state index >= 15 is 0 Å². The Morgan fingerprint density at radius 3 is 2.44 bits per heavy atom. The van der Waals surface area contributed by atoms with E-state index in [2.05, 4.69) is 29.8 Å². The van der Waals surface area contributed by atoms with Gasteiger partial charge in [0.25, 0.3) is 0 Å².